The minimum Gasteiger partial charge on any atom is -0.748 e. The van der Waals surface area contributed by atoms with Crippen molar-refractivity contribution in [3.8, 4) is 0 Å². The SMILES string of the molecule is C=CC(=O)OC(C)CCCCCS(=O)(=O)[O-].C=CC(=O)OC(C)CCCCCS(=O)(=O)[O-].[Ca+2]. The average molecular weight is 539 g/mol. The normalized spacial score (nSPS) is 12.7. The Bertz CT molecular complexity index is 713. The predicted molar refractivity (Wildman–Crippen MR) is 123 cm³/mol. The van der Waals surface area contributed by atoms with Crippen LogP contribution in [0.2, 0.25) is 0 Å². The molecular formula is C20H34CaO10S2. The molecule has 0 N–H and O–H groups in total. The van der Waals surface area contributed by atoms with Crippen LogP contribution in [0.4, 0.5) is 0 Å². The van der Waals surface area contributed by atoms with Crippen molar-refractivity contribution in [1.29, 1.82) is 0 Å². The third-order valence-electron chi connectivity index (χ3n) is 3.98. The summed E-state index contributed by atoms with van der Waals surface area (Å²) in [7, 11) is -8.19. The Morgan fingerprint density at radius 3 is 1.27 bits per heavy atom. The van der Waals surface area contributed by atoms with Gasteiger partial charge in [0.25, 0.3) is 0 Å². The molecule has 10 nitrogen and oxygen atoms in total. The molecule has 2 unspecified atom stereocenters. The zero-order valence-electron chi connectivity index (χ0n) is 19.4. The summed E-state index contributed by atoms with van der Waals surface area (Å²) in [6, 6.07) is 0. The van der Waals surface area contributed by atoms with Gasteiger partial charge in [0.05, 0.1) is 32.4 Å². The number of esters is 2. The van der Waals surface area contributed by atoms with Crippen LogP contribution in [0.5, 0.6) is 0 Å². The third kappa shape index (κ3) is 31.5. The molecule has 0 aromatic rings. The molecular weight excluding hydrogens is 504 g/mol. The van der Waals surface area contributed by atoms with Crippen LogP contribution in [0, 0.1) is 0 Å². The van der Waals surface area contributed by atoms with Gasteiger partial charge in [-0.2, -0.15) is 0 Å². The second kappa shape index (κ2) is 20.8. The van der Waals surface area contributed by atoms with Crippen LogP contribution >= 0.6 is 0 Å². The summed E-state index contributed by atoms with van der Waals surface area (Å²) in [6.45, 7) is 10.1. The van der Waals surface area contributed by atoms with Gasteiger partial charge in [-0.15, -0.1) is 0 Å². The minimum absolute atomic E-state index is 0. The Kier molecular flexibility index (Phi) is 23.4. The molecule has 0 amide bonds. The molecule has 0 saturated heterocycles. The van der Waals surface area contributed by atoms with Gasteiger partial charge in [0.1, 0.15) is 0 Å². The van der Waals surface area contributed by atoms with Crippen LogP contribution in [0.1, 0.15) is 65.2 Å². The maximum atomic E-state index is 10.8. The number of unbranched alkanes of at least 4 members (excludes halogenated alkanes) is 4. The molecule has 33 heavy (non-hydrogen) atoms. The molecule has 0 radical (unpaired) electrons. The molecule has 0 heterocycles. The Labute approximate surface area is 227 Å². The summed E-state index contributed by atoms with van der Waals surface area (Å²) in [6.07, 6.45) is 6.50. The molecule has 0 fully saturated rings. The second-order valence-electron chi connectivity index (χ2n) is 7.13. The van der Waals surface area contributed by atoms with Crippen molar-refractivity contribution in [2.75, 3.05) is 11.5 Å². The van der Waals surface area contributed by atoms with Crippen LogP contribution < -0.4 is 0 Å². The largest absolute Gasteiger partial charge is 2.00 e. The van der Waals surface area contributed by atoms with Crippen molar-refractivity contribution >= 4 is 69.9 Å². The van der Waals surface area contributed by atoms with E-state index < -0.39 is 32.2 Å². The first-order valence-corrected chi connectivity index (χ1v) is 13.4. The first-order valence-electron chi connectivity index (χ1n) is 10.2. The Hall–Kier alpha value is -0.500. The van der Waals surface area contributed by atoms with Crippen molar-refractivity contribution < 1.29 is 45.0 Å². The molecule has 0 rings (SSSR count). The van der Waals surface area contributed by atoms with Crippen molar-refractivity contribution in [1.82, 2.24) is 0 Å². The Balaban J connectivity index is -0.000000529. The smallest absolute Gasteiger partial charge is 0.748 e. The van der Waals surface area contributed by atoms with Crippen LogP contribution in [0.15, 0.2) is 25.3 Å². The van der Waals surface area contributed by atoms with Gasteiger partial charge >= 0.3 is 49.7 Å². The zero-order chi connectivity index (χ0) is 25.2. The van der Waals surface area contributed by atoms with Crippen LogP contribution in [-0.4, -0.2) is 99.3 Å². The predicted octanol–water partition coefficient (Wildman–Crippen LogP) is 2.04. The number of carbonyl (C=O) groups is 2. The number of carbonyl (C=O) groups excluding carboxylic acids is 2. The molecule has 2 atom stereocenters. The van der Waals surface area contributed by atoms with E-state index in [0.717, 1.165) is 25.0 Å². The second-order valence-corrected chi connectivity index (χ2v) is 10.2. The van der Waals surface area contributed by atoms with Gasteiger partial charge in [0, 0.05) is 23.7 Å². The van der Waals surface area contributed by atoms with E-state index in [1.807, 2.05) is 0 Å². The molecule has 0 bridgehead atoms. The van der Waals surface area contributed by atoms with E-state index in [4.69, 9.17) is 9.47 Å². The minimum atomic E-state index is -4.10. The fourth-order valence-electron chi connectivity index (χ4n) is 2.39. The summed E-state index contributed by atoms with van der Waals surface area (Å²) >= 11 is 0. The number of rotatable bonds is 16. The monoisotopic (exact) mass is 538 g/mol. The van der Waals surface area contributed by atoms with Gasteiger partial charge in [-0.1, -0.05) is 26.0 Å². The van der Waals surface area contributed by atoms with Gasteiger partial charge in [-0.3, -0.25) is 0 Å². The van der Waals surface area contributed by atoms with Gasteiger partial charge in [0.15, 0.2) is 0 Å². The topological polar surface area (TPSA) is 167 Å². The van der Waals surface area contributed by atoms with Crippen molar-refractivity contribution in [3.05, 3.63) is 25.3 Å². The summed E-state index contributed by atoms with van der Waals surface area (Å²) in [5, 5.41) is 0. The van der Waals surface area contributed by atoms with E-state index in [-0.39, 0.29) is 61.5 Å². The van der Waals surface area contributed by atoms with E-state index in [0.29, 0.717) is 38.5 Å². The van der Waals surface area contributed by atoms with Crippen molar-refractivity contribution in [3.63, 3.8) is 0 Å². The number of hydrogen-bond donors (Lipinski definition) is 0. The van der Waals surface area contributed by atoms with E-state index in [9.17, 15) is 35.5 Å². The molecule has 188 valence electrons. The van der Waals surface area contributed by atoms with Gasteiger partial charge in [0.2, 0.25) is 0 Å². The van der Waals surface area contributed by atoms with Gasteiger partial charge < -0.3 is 18.6 Å². The third-order valence-corrected chi connectivity index (χ3v) is 5.56. The summed E-state index contributed by atoms with van der Waals surface area (Å²) in [4.78, 5) is 21.6. The van der Waals surface area contributed by atoms with Gasteiger partial charge in [-0.05, 0) is 52.4 Å². The van der Waals surface area contributed by atoms with E-state index in [1.165, 1.54) is 0 Å². The molecule has 0 spiro atoms. The molecule has 0 aromatic carbocycles. The molecule has 0 aliphatic carbocycles. The van der Waals surface area contributed by atoms with Crippen LogP contribution in [-0.2, 0) is 39.3 Å². The molecule has 0 saturated carbocycles. The maximum absolute atomic E-state index is 10.8. The summed E-state index contributed by atoms with van der Waals surface area (Å²) < 4.78 is 71.5. The molecule has 13 heteroatoms. The van der Waals surface area contributed by atoms with Gasteiger partial charge in [-0.25, -0.2) is 26.4 Å². The fraction of sp³-hybridized carbons (Fsp3) is 0.700. The van der Waals surface area contributed by atoms with Crippen molar-refractivity contribution in [2.45, 2.75) is 77.4 Å². The standard InChI is InChI=1S/2C10H18O5S.Ca/c2*1-3-10(11)15-9(2)7-5-4-6-8-16(12,13)14;/h2*3,9H,1,4-8H2,2H3,(H,12,13,14);/q;;+2/p-2. The average Bonchev–Trinajstić information content (AvgIpc) is 2.65. The van der Waals surface area contributed by atoms with Crippen LogP contribution in [0.3, 0.4) is 0 Å². The fourth-order valence-corrected chi connectivity index (χ4v) is 3.50. The maximum Gasteiger partial charge on any atom is 2.00 e. The molecule has 0 aliphatic heterocycles. The molecule has 0 aliphatic rings. The van der Waals surface area contributed by atoms with E-state index >= 15 is 0 Å². The summed E-state index contributed by atoms with van der Waals surface area (Å²) in [5.74, 6) is -1.58. The van der Waals surface area contributed by atoms with Crippen molar-refractivity contribution in [2.24, 2.45) is 0 Å². The van der Waals surface area contributed by atoms with E-state index in [2.05, 4.69) is 13.2 Å². The van der Waals surface area contributed by atoms with E-state index in [1.54, 1.807) is 13.8 Å². The van der Waals surface area contributed by atoms with Crippen LogP contribution in [0.25, 0.3) is 0 Å². The zero-order valence-corrected chi connectivity index (χ0v) is 23.2. The quantitative estimate of drug-likeness (QED) is 0.0932. The first-order chi connectivity index (χ1) is 14.7. The number of hydrogen-bond acceptors (Lipinski definition) is 10. The Morgan fingerprint density at radius 2 is 1.03 bits per heavy atom. The number of ether oxygens (including phenoxy) is 2. The molecule has 0 aromatic heterocycles. The summed E-state index contributed by atoms with van der Waals surface area (Å²) in [5.41, 5.74) is 0. The Morgan fingerprint density at radius 1 is 0.727 bits per heavy atom. The first kappa shape index (κ1) is 37.1.